The summed E-state index contributed by atoms with van der Waals surface area (Å²) in [5.74, 6) is -0.234. The maximum absolute atomic E-state index is 10.1. The highest BCUT2D eigenvalue weighted by Crippen LogP contribution is 1.74. The predicted molar refractivity (Wildman–Crippen MR) is 24.1 cm³/mol. The van der Waals surface area contributed by atoms with Crippen LogP contribution in [0.4, 0.5) is 0 Å². The van der Waals surface area contributed by atoms with Crippen molar-refractivity contribution in [3.63, 3.8) is 0 Å². The molecule has 0 radical (unpaired) electrons. The van der Waals surface area contributed by atoms with Gasteiger partial charge in [-0.15, -0.1) is 0 Å². The molecule has 0 spiro atoms. The van der Waals surface area contributed by atoms with E-state index in [-0.39, 0.29) is 5.91 Å². The second-order valence-electron chi connectivity index (χ2n) is 1.18. The van der Waals surface area contributed by atoms with Crippen LogP contribution in [0, 0.1) is 11.5 Å². The number of hydrogen-bond acceptors (Lipinski definition) is 2. The first-order valence-electron chi connectivity index (χ1n) is 1.82. The second kappa shape index (κ2) is 2.19. The molecule has 0 aromatic heterocycles. The van der Waals surface area contributed by atoms with Crippen LogP contribution in [0.25, 0.3) is 0 Å². The Kier molecular flexibility index (Phi) is 1.86. The zero-order chi connectivity index (χ0) is 5.86. The van der Waals surface area contributed by atoms with Gasteiger partial charge in [-0.3, -0.25) is 9.69 Å². The molecule has 3 nitrogen and oxygen atoms in total. The average Bonchev–Trinajstić information content (AvgIpc) is 1.65. The molecule has 1 amide bonds. The molecule has 0 bridgehead atoms. The molecule has 0 saturated carbocycles. The highest BCUT2D eigenvalue weighted by atomic mass is 16.2. The Bertz CT molecular complexity index is 113. The minimum atomic E-state index is -0.234. The van der Waals surface area contributed by atoms with Crippen molar-refractivity contribution in [1.29, 1.82) is 5.26 Å². The van der Waals surface area contributed by atoms with E-state index < -0.39 is 0 Å². The average molecular weight is 98.1 g/mol. The maximum atomic E-state index is 10.1. The molecular weight excluding hydrogens is 92.1 g/mol. The summed E-state index contributed by atoms with van der Waals surface area (Å²) in [4.78, 5) is 11.0. The smallest absolute Gasteiger partial charge is 0.232 e. The molecular formula is C4H6N2O. The number of hydrogen-bond donors (Lipinski definition) is 0. The van der Waals surface area contributed by atoms with Crippen LogP contribution in [0.2, 0.25) is 0 Å². The van der Waals surface area contributed by atoms with Crippen molar-refractivity contribution in [2.45, 2.75) is 6.92 Å². The molecule has 0 N–H and O–H groups in total. The summed E-state index contributed by atoms with van der Waals surface area (Å²) < 4.78 is 0. The lowest BCUT2D eigenvalue weighted by atomic mass is 10.6. The third-order valence-corrected chi connectivity index (χ3v) is 0.622. The zero-order valence-corrected chi connectivity index (χ0v) is 4.30. The van der Waals surface area contributed by atoms with Gasteiger partial charge in [0.05, 0.1) is 0 Å². The zero-order valence-electron chi connectivity index (χ0n) is 4.30. The first-order valence-corrected chi connectivity index (χ1v) is 1.82. The van der Waals surface area contributed by atoms with E-state index in [1.165, 1.54) is 14.0 Å². The van der Waals surface area contributed by atoms with Crippen molar-refractivity contribution in [1.82, 2.24) is 4.90 Å². The SMILES string of the molecule is CC(=O)N(C)C#N. The number of nitrogens with zero attached hydrogens (tertiary/aromatic N) is 2. The molecule has 0 heterocycles. The highest BCUT2D eigenvalue weighted by Gasteiger charge is 1.94. The third kappa shape index (κ3) is 1.77. The number of rotatable bonds is 0. The van der Waals surface area contributed by atoms with E-state index in [1.54, 1.807) is 6.19 Å². The molecule has 0 aliphatic rings. The Morgan fingerprint density at radius 2 is 2.29 bits per heavy atom. The van der Waals surface area contributed by atoms with Crippen molar-refractivity contribution in [2.24, 2.45) is 0 Å². The summed E-state index contributed by atoms with van der Waals surface area (Å²) in [6.07, 6.45) is 1.65. The summed E-state index contributed by atoms with van der Waals surface area (Å²) in [6, 6.07) is 0. The lowest BCUT2D eigenvalue weighted by Gasteiger charge is -1.97. The van der Waals surface area contributed by atoms with Gasteiger partial charge in [0.2, 0.25) is 5.91 Å². The first kappa shape index (κ1) is 5.96. The molecule has 0 aliphatic carbocycles. The van der Waals surface area contributed by atoms with E-state index in [1.807, 2.05) is 0 Å². The van der Waals surface area contributed by atoms with Gasteiger partial charge >= 0.3 is 0 Å². The lowest BCUT2D eigenvalue weighted by molar-refractivity contribution is -0.124. The van der Waals surface area contributed by atoms with E-state index in [9.17, 15) is 4.79 Å². The number of nitriles is 1. The largest absolute Gasteiger partial charge is 0.274 e. The van der Waals surface area contributed by atoms with E-state index in [4.69, 9.17) is 5.26 Å². The van der Waals surface area contributed by atoms with Crippen molar-refractivity contribution in [2.75, 3.05) is 7.05 Å². The lowest BCUT2D eigenvalue weighted by Crippen LogP contribution is -2.16. The number of amides is 1. The molecule has 0 aromatic carbocycles. The summed E-state index contributed by atoms with van der Waals surface area (Å²) in [7, 11) is 1.42. The van der Waals surface area contributed by atoms with Gasteiger partial charge in [-0.05, 0) is 0 Å². The fraction of sp³-hybridized carbons (Fsp3) is 0.500. The quantitative estimate of drug-likeness (QED) is 0.315. The van der Waals surface area contributed by atoms with Gasteiger partial charge in [0.25, 0.3) is 0 Å². The van der Waals surface area contributed by atoms with Crippen LogP contribution >= 0.6 is 0 Å². The molecule has 3 heteroatoms. The molecule has 0 rings (SSSR count). The first-order chi connectivity index (χ1) is 3.18. The van der Waals surface area contributed by atoms with Gasteiger partial charge in [-0.2, -0.15) is 5.26 Å². The van der Waals surface area contributed by atoms with Crippen LogP contribution in [0.5, 0.6) is 0 Å². The van der Waals surface area contributed by atoms with Gasteiger partial charge < -0.3 is 0 Å². The Morgan fingerprint density at radius 3 is 2.29 bits per heavy atom. The monoisotopic (exact) mass is 98.0 g/mol. The Balaban J connectivity index is 3.63. The molecule has 7 heavy (non-hydrogen) atoms. The Hall–Kier alpha value is -1.04. The predicted octanol–water partition coefficient (Wildman–Crippen LogP) is -0.0542. The molecule has 0 atom stereocenters. The number of carbonyl (C=O) groups is 1. The molecule has 38 valence electrons. The van der Waals surface area contributed by atoms with E-state index in [2.05, 4.69) is 0 Å². The van der Waals surface area contributed by atoms with E-state index in [0.717, 1.165) is 4.90 Å². The van der Waals surface area contributed by atoms with Gasteiger partial charge in [-0.25, -0.2) is 0 Å². The highest BCUT2D eigenvalue weighted by molar-refractivity contribution is 5.74. The molecule has 0 fully saturated rings. The summed E-state index contributed by atoms with van der Waals surface area (Å²) in [5, 5.41) is 7.96. The van der Waals surface area contributed by atoms with E-state index >= 15 is 0 Å². The summed E-state index contributed by atoms with van der Waals surface area (Å²) in [5.41, 5.74) is 0. The van der Waals surface area contributed by atoms with Crippen LogP contribution in [0.3, 0.4) is 0 Å². The van der Waals surface area contributed by atoms with Gasteiger partial charge in [0.1, 0.15) is 0 Å². The third-order valence-electron chi connectivity index (χ3n) is 0.622. The molecule has 0 aliphatic heterocycles. The number of carbonyl (C=O) groups excluding carboxylic acids is 1. The fourth-order valence-electron chi connectivity index (χ4n) is 0.0704. The summed E-state index contributed by atoms with van der Waals surface area (Å²) in [6.45, 7) is 1.34. The Morgan fingerprint density at radius 1 is 1.86 bits per heavy atom. The molecule has 0 aromatic rings. The van der Waals surface area contributed by atoms with Crippen molar-refractivity contribution < 1.29 is 4.79 Å². The van der Waals surface area contributed by atoms with Crippen LogP contribution in [0.15, 0.2) is 0 Å². The fourth-order valence-corrected chi connectivity index (χ4v) is 0.0704. The normalized spacial score (nSPS) is 7.00. The maximum Gasteiger partial charge on any atom is 0.232 e. The van der Waals surface area contributed by atoms with Gasteiger partial charge in [-0.1, -0.05) is 0 Å². The standard InChI is InChI=1S/C4H6N2O/c1-4(7)6(2)3-5/h1-2H3. The second-order valence-corrected chi connectivity index (χ2v) is 1.18. The Labute approximate surface area is 42.1 Å². The van der Waals surface area contributed by atoms with Crippen molar-refractivity contribution in [3.8, 4) is 6.19 Å². The van der Waals surface area contributed by atoms with E-state index in [0.29, 0.717) is 0 Å². The minimum absolute atomic E-state index is 0.234. The van der Waals surface area contributed by atoms with Gasteiger partial charge in [0, 0.05) is 14.0 Å². The minimum Gasteiger partial charge on any atom is -0.274 e. The van der Waals surface area contributed by atoms with Crippen LogP contribution < -0.4 is 0 Å². The van der Waals surface area contributed by atoms with Crippen molar-refractivity contribution in [3.05, 3.63) is 0 Å². The summed E-state index contributed by atoms with van der Waals surface area (Å²) >= 11 is 0. The molecule has 0 saturated heterocycles. The topological polar surface area (TPSA) is 44.1 Å². The van der Waals surface area contributed by atoms with Crippen LogP contribution in [0.1, 0.15) is 6.92 Å². The van der Waals surface area contributed by atoms with Crippen molar-refractivity contribution >= 4 is 5.91 Å². The van der Waals surface area contributed by atoms with Crippen LogP contribution in [-0.2, 0) is 4.79 Å². The van der Waals surface area contributed by atoms with Crippen LogP contribution in [-0.4, -0.2) is 17.9 Å². The van der Waals surface area contributed by atoms with Gasteiger partial charge in [0.15, 0.2) is 6.19 Å². The molecule has 0 unspecified atom stereocenters.